The van der Waals surface area contributed by atoms with E-state index in [-0.39, 0.29) is 12.4 Å². The molecule has 1 atom stereocenters. The van der Waals surface area contributed by atoms with Gasteiger partial charge in [-0.2, -0.15) is 0 Å². The maximum Gasteiger partial charge on any atom is 0.256 e. The molecule has 5 heteroatoms. The minimum Gasteiger partial charge on any atom is -0.366 e. The number of hydrogen-bond donors (Lipinski definition) is 0. The Morgan fingerprint density at radius 3 is 2.69 bits per heavy atom. The van der Waals surface area contributed by atoms with E-state index in [9.17, 15) is 4.79 Å². The van der Waals surface area contributed by atoms with Gasteiger partial charge in [0.05, 0.1) is 5.69 Å². The molecule has 1 heterocycles. The SMILES string of the molecule is COC(C(=O)Cl)c1ccccn1.Cl. The standard InChI is InChI=1S/C8H8ClNO2.ClH/c1-12-7(8(9)11)6-4-2-3-5-10-6;/h2-5,7H,1H3;1H. The molecule has 72 valence electrons. The number of carbonyl (C=O) groups excluding carboxylic acids is 1. The second-order valence-corrected chi connectivity index (χ2v) is 2.55. The van der Waals surface area contributed by atoms with Gasteiger partial charge < -0.3 is 4.74 Å². The van der Waals surface area contributed by atoms with Crippen molar-refractivity contribution in [3.8, 4) is 0 Å². The molecule has 0 radical (unpaired) electrons. The Hall–Kier alpha value is -0.640. The number of nitrogens with zero attached hydrogens (tertiary/aromatic N) is 1. The van der Waals surface area contributed by atoms with Gasteiger partial charge in [-0.1, -0.05) is 6.07 Å². The molecule has 1 aromatic heterocycles. The fourth-order valence-corrected chi connectivity index (χ4v) is 1.06. The van der Waals surface area contributed by atoms with Gasteiger partial charge in [0.1, 0.15) is 0 Å². The maximum atomic E-state index is 10.8. The van der Waals surface area contributed by atoms with Gasteiger partial charge in [-0.15, -0.1) is 12.4 Å². The molecule has 0 spiro atoms. The fraction of sp³-hybridized carbons (Fsp3) is 0.250. The van der Waals surface area contributed by atoms with Gasteiger partial charge in [0.2, 0.25) is 0 Å². The highest BCUT2D eigenvalue weighted by molar-refractivity contribution is 6.64. The van der Waals surface area contributed by atoms with Crippen molar-refractivity contribution in [1.29, 1.82) is 0 Å². The van der Waals surface area contributed by atoms with Crippen LogP contribution in [0.4, 0.5) is 0 Å². The van der Waals surface area contributed by atoms with Crippen molar-refractivity contribution in [3.05, 3.63) is 30.1 Å². The van der Waals surface area contributed by atoms with E-state index in [1.54, 1.807) is 24.4 Å². The second-order valence-electron chi connectivity index (χ2n) is 2.17. The van der Waals surface area contributed by atoms with E-state index in [0.29, 0.717) is 5.69 Å². The van der Waals surface area contributed by atoms with E-state index in [0.717, 1.165) is 0 Å². The molecule has 1 rings (SSSR count). The third-order valence-electron chi connectivity index (χ3n) is 1.40. The average Bonchev–Trinajstić information content (AvgIpc) is 2.07. The van der Waals surface area contributed by atoms with E-state index in [1.165, 1.54) is 7.11 Å². The van der Waals surface area contributed by atoms with Crippen molar-refractivity contribution < 1.29 is 9.53 Å². The Morgan fingerprint density at radius 2 is 2.31 bits per heavy atom. The van der Waals surface area contributed by atoms with Crippen LogP contribution in [0.3, 0.4) is 0 Å². The summed E-state index contributed by atoms with van der Waals surface area (Å²) in [5.41, 5.74) is 0.528. The Kier molecular flexibility index (Phi) is 5.62. The summed E-state index contributed by atoms with van der Waals surface area (Å²) in [6, 6.07) is 5.22. The molecule has 0 aliphatic heterocycles. The quantitative estimate of drug-likeness (QED) is 0.733. The van der Waals surface area contributed by atoms with Gasteiger partial charge in [0.15, 0.2) is 6.10 Å². The van der Waals surface area contributed by atoms with Gasteiger partial charge in [-0.3, -0.25) is 9.78 Å². The number of rotatable bonds is 3. The van der Waals surface area contributed by atoms with Crippen LogP contribution in [-0.4, -0.2) is 17.3 Å². The van der Waals surface area contributed by atoms with E-state index < -0.39 is 11.3 Å². The fourth-order valence-electron chi connectivity index (χ4n) is 0.861. The third kappa shape index (κ3) is 3.30. The van der Waals surface area contributed by atoms with E-state index >= 15 is 0 Å². The zero-order chi connectivity index (χ0) is 8.97. The first-order chi connectivity index (χ1) is 5.75. The molecule has 0 N–H and O–H groups in total. The topological polar surface area (TPSA) is 39.2 Å². The molecule has 0 bridgehead atoms. The van der Waals surface area contributed by atoms with Gasteiger partial charge in [0.25, 0.3) is 5.24 Å². The first kappa shape index (κ1) is 12.4. The van der Waals surface area contributed by atoms with Crippen LogP contribution < -0.4 is 0 Å². The number of halogens is 2. The minimum atomic E-state index is -0.757. The van der Waals surface area contributed by atoms with E-state index in [2.05, 4.69) is 4.98 Å². The largest absolute Gasteiger partial charge is 0.366 e. The van der Waals surface area contributed by atoms with Crippen LogP contribution in [0.1, 0.15) is 11.8 Å². The van der Waals surface area contributed by atoms with Crippen LogP contribution in [0.5, 0.6) is 0 Å². The minimum absolute atomic E-state index is 0. The van der Waals surface area contributed by atoms with Crippen molar-refractivity contribution in [2.45, 2.75) is 6.10 Å². The second kappa shape index (κ2) is 5.91. The van der Waals surface area contributed by atoms with Gasteiger partial charge in [0, 0.05) is 13.3 Å². The third-order valence-corrected chi connectivity index (χ3v) is 1.60. The monoisotopic (exact) mass is 221 g/mol. The molecule has 0 fully saturated rings. The number of carbonyl (C=O) groups is 1. The zero-order valence-corrected chi connectivity index (χ0v) is 8.51. The normalized spacial score (nSPS) is 11.5. The predicted octanol–water partition coefficient (Wildman–Crippen LogP) is 1.96. The summed E-state index contributed by atoms with van der Waals surface area (Å²) in [6.45, 7) is 0. The van der Waals surface area contributed by atoms with Crippen LogP contribution >= 0.6 is 24.0 Å². The molecular weight excluding hydrogens is 213 g/mol. The summed E-state index contributed by atoms with van der Waals surface area (Å²) in [5.74, 6) is 0. The van der Waals surface area contributed by atoms with Gasteiger partial charge >= 0.3 is 0 Å². The van der Waals surface area contributed by atoms with Gasteiger partial charge in [-0.05, 0) is 23.7 Å². The highest BCUT2D eigenvalue weighted by atomic mass is 35.5. The maximum absolute atomic E-state index is 10.8. The van der Waals surface area contributed by atoms with Crippen LogP contribution in [-0.2, 0) is 9.53 Å². The molecular formula is C8H9Cl2NO2. The molecule has 1 unspecified atom stereocenters. The molecule has 13 heavy (non-hydrogen) atoms. The molecule has 0 saturated heterocycles. The number of hydrogen-bond acceptors (Lipinski definition) is 3. The number of pyridine rings is 1. The number of ether oxygens (including phenoxy) is 1. The number of methoxy groups -OCH3 is 1. The van der Waals surface area contributed by atoms with Crippen molar-refractivity contribution in [1.82, 2.24) is 4.98 Å². The highest BCUT2D eigenvalue weighted by Gasteiger charge is 2.18. The molecule has 0 aliphatic rings. The Bertz CT molecular complexity index is 266. The van der Waals surface area contributed by atoms with Crippen molar-refractivity contribution in [2.75, 3.05) is 7.11 Å². The van der Waals surface area contributed by atoms with E-state index in [1.807, 2.05) is 0 Å². The van der Waals surface area contributed by atoms with Crippen LogP contribution in [0.25, 0.3) is 0 Å². The summed E-state index contributed by atoms with van der Waals surface area (Å²) in [7, 11) is 1.42. The van der Waals surface area contributed by atoms with Crippen molar-refractivity contribution in [2.24, 2.45) is 0 Å². The summed E-state index contributed by atoms with van der Waals surface area (Å²) in [6.07, 6.45) is 0.828. The summed E-state index contributed by atoms with van der Waals surface area (Å²) < 4.78 is 4.85. The van der Waals surface area contributed by atoms with Crippen LogP contribution in [0.15, 0.2) is 24.4 Å². The van der Waals surface area contributed by atoms with Gasteiger partial charge in [-0.25, -0.2) is 0 Å². The molecule has 3 nitrogen and oxygen atoms in total. The summed E-state index contributed by atoms with van der Waals surface area (Å²) >= 11 is 5.27. The van der Waals surface area contributed by atoms with Crippen LogP contribution in [0.2, 0.25) is 0 Å². The average molecular weight is 222 g/mol. The first-order valence-electron chi connectivity index (χ1n) is 3.38. The lowest BCUT2D eigenvalue weighted by Gasteiger charge is -2.08. The zero-order valence-electron chi connectivity index (χ0n) is 6.94. The first-order valence-corrected chi connectivity index (χ1v) is 3.76. The van der Waals surface area contributed by atoms with Crippen molar-refractivity contribution >= 4 is 29.3 Å². The summed E-state index contributed by atoms with van der Waals surface area (Å²) in [5, 5.41) is -0.559. The molecule has 0 amide bonds. The summed E-state index contributed by atoms with van der Waals surface area (Å²) in [4.78, 5) is 14.7. The molecule has 1 aromatic rings. The molecule has 0 aliphatic carbocycles. The lowest BCUT2D eigenvalue weighted by molar-refractivity contribution is -0.121. The Morgan fingerprint density at radius 1 is 1.62 bits per heavy atom. The molecule has 0 saturated carbocycles. The lowest BCUT2D eigenvalue weighted by atomic mass is 10.2. The van der Waals surface area contributed by atoms with Crippen molar-refractivity contribution in [3.63, 3.8) is 0 Å². The molecule has 0 aromatic carbocycles. The van der Waals surface area contributed by atoms with E-state index in [4.69, 9.17) is 16.3 Å². The Balaban J connectivity index is 0.00000144. The lowest BCUT2D eigenvalue weighted by Crippen LogP contribution is -2.10. The number of aromatic nitrogens is 1. The smallest absolute Gasteiger partial charge is 0.256 e. The van der Waals surface area contributed by atoms with Crippen LogP contribution in [0, 0.1) is 0 Å². The highest BCUT2D eigenvalue weighted by Crippen LogP contribution is 2.15. The Labute approximate surface area is 87.5 Å². The predicted molar refractivity (Wildman–Crippen MR) is 52.1 cm³/mol.